The zero-order chi connectivity index (χ0) is 20.6. The molecule has 2 aromatic carbocycles. The average molecular weight is 402 g/mol. The topological polar surface area (TPSA) is 69.2 Å². The highest BCUT2D eigenvalue weighted by atomic mass is 16.5. The fourth-order valence-electron chi connectivity index (χ4n) is 3.42. The summed E-state index contributed by atoms with van der Waals surface area (Å²) in [6, 6.07) is 11.6. The van der Waals surface area contributed by atoms with E-state index in [4.69, 9.17) is 18.9 Å². The molecule has 3 rings (SSSR count). The van der Waals surface area contributed by atoms with E-state index in [0.29, 0.717) is 30.0 Å². The molecule has 29 heavy (non-hydrogen) atoms. The molecule has 0 amide bonds. The number of rotatable bonds is 10. The van der Waals surface area contributed by atoms with Crippen molar-refractivity contribution in [2.24, 2.45) is 0 Å². The molecule has 0 aliphatic carbocycles. The molecule has 1 aliphatic heterocycles. The van der Waals surface area contributed by atoms with Crippen molar-refractivity contribution >= 4 is 0 Å². The molecule has 1 aliphatic rings. The summed E-state index contributed by atoms with van der Waals surface area (Å²) in [6.45, 7) is 4.57. The number of hydrogen-bond donors (Lipinski definition) is 2. The van der Waals surface area contributed by atoms with Crippen LogP contribution in [0.2, 0.25) is 0 Å². The van der Waals surface area contributed by atoms with Gasteiger partial charge in [-0.25, -0.2) is 0 Å². The van der Waals surface area contributed by atoms with Crippen LogP contribution in [0.25, 0.3) is 0 Å². The Balaban J connectivity index is 1.60. The normalized spacial score (nSPS) is 17.2. The molecule has 0 spiro atoms. The molecule has 158 valence electrons. The molecule has 2 atom stereocenters. The zero-order valence-corrected chi connectivity index (χ0v) is 17.4. The van der Waals surface area contributed by atoms with Crippen LogP contribution in [-0.2, 0) is 17.9 Å². The van der Waals surface area contributed by atoms with Gasteiger partial charge in [-0.05, 0) is 49.1 Å². The standard InChI is InChI=1S/C23H31NO5/c1-16(25)18-7-8-19(22(12-18)26-2)15-29-21-9-6-17(11-23(21)27-3)13-24-14-20-5-4-10-28-20/h6-9,11-12,16,20,24-25H,4-5,10,13-15H2,1-3H3/t16-,20+/m0/s1. The fraction of sp³-hybridized carbons (Fsp3) is 0.478. The van der Waals surface area contributed by atoms with Crippen molar-refractivity contribution in [2.75, 3.05) is 27.4 Å². The number of methoxy groups -OCH3 is 2. The van der Waals surface area contributed by atoms with Crippen molar-refractivity contribution in [3.8, 4) is 17.2 Å². The van der Waals surface area contributed by atoms with E-state index in [1.807, 2.05) is 36.4 Å². The number of ether oxygens (including phenoxy) is 4. The minimum atomic E-state index is -0.541. The Morgan fingerprint density at radius 1 is 1.10 bits per heavy atom. The first-order valence-electron chi connectivity index (χ1n) is 10.1. The third kappa shape index (κ3) is 5.85. The minimum absolute atomic E-state index is 0.328. The average Bonchev–Trinajstić information content (AvgIpc) is 3.26. The van der Waals surface area contributed by atoms with Crippen LogP contribution in [0.3, 0.4) is 0 Å². The van der Waals surface area contributed by atoms with Crippen molar-refractivity contribution in [3.05, 3.63) is 53.1 Å². The Kier molecular flexibility index (Phi) is 7.75. The maximum atomic E-state index is 9.74. The van der Waals surface area contributed by atoms with Crippen LogP contribution in [-0.4, -0.2) is 38.6 Å². The van der Waals surface area contributed by atoms with Gasteiger partial charge in [0.2, 0.25) is 0 Å². The molecule has 1 saturated heterocycles. The van der Waals surface area contributed by atoms with Crippen LogP contribution < -0.4 is 19.5 Å². The maximum absolute atomic E-state index is 9.74. The van der Waals surface area contributed by atoms with Crippen molar-refractivity contribution in [2.45, 2.75) is 45.1 Å². The van der Waals surface area contributed by atoms with E-state index in [1.165, 1.54) is 0 Å². The van der Waals surface area contributed by atoms with Crippen molar-refractivity contribution < 1.29 is 24.1 Å². The SMILES string of the molecule is COc1cc([C@H](C)O)ccc1COc1ccc(CNC[C@H]2CCCO2)cc1OC. The van der Waals surface area contributed by atoms with Gasteiger partial charge in [-0.1, -0.05) is 18.2 Å². The zero-order valence-electron chi connectivity index (χ0n) is 17.4. The van der Waals surface area contributed by atoms with E-state index in [1.54, 1.807) is 21.1 Å². The van der Waals surface area contributed by atoms with Gasteiger partial charge in [-0.3, -0.25) is 0 Å². The lowest BCUT2D eigenvalue weighted by Crippen LogP contribution is -2.25. The second-order valence-corrected chi connectivity index (χ2v) is 7.29. The molecular formula is C23H31NO5. The molecule has 0 saturated carbocycles. The van der Waals surface area contributed by atoms with Gasteiger partial charge in [0.25, 0.3) is 0 Å². The number of hydrogen-bond acceptors (Lipinski definition) is 6. The summed E-state index contributed by atoms with van der Waals surface area (Å²) in [7, 11) is 3.26. The van der Waals surface area contributed by atoms with Crippen LogP contribution in [0.1, 0.15) is 42.6 Å². The van der Waals surface area contributed by atoms with Gasteiger partial charge < -0.3 is 29.4 Å². The predicted octanol–water partition coefficient (Wildman–Crippen LogP) is 3.60. The molecule has 6 nitrogen and oxygen atoms in total. The Morgan fingerprint density at radius 2 is 1.93 bits per heavy atom. The van der Waals surface area contributed by atoms with Gasteiger partial charge in [0.15, 0.2) is 11.5 Å². The molecule has 0 bridgehead atoms. The predicted molar refractivity (Wildman–Crippen MR) is 112 cm³/mol. The van der Waals surface area contributed by atoms with Gasteiger partial charge in [-0.15, -0.1) is 0 Å². The first-order valence-corrected chi connectivity index (χ1v) is 10.1. The lowest BCUT2D eigenvalue weighted by Gasteiger charge is -2.16. The van der Waals surface area contributed by atoms with Gasteiger partial charge in [0, 0.05) is 25.3 Å². The number of aliphatic hydroxyl groups excluding tert-OH is 1. The highest BCUT2D eigenvalue weighted by molar-refractivity contribution is 5.44. The number of aliphatic hydroxyl groups is 1. The molecule has 0 radical (unpaired) electrons. The molecule has 6 heteroatoms. The molecule has 2 aromatic rings. The Morgan fingerprint density at radius 3 is 2.62 bits per heavy atom. The first-order chi connectivity index (χ1) is 14.1. The summed E-state index contributed by atoms with van der Waals surface area (Å²) in [6.07, 6.45) is 2.07. The van der Waals surface area contributed by atoms with Crippen LogP contribution in [0.5, 0.6) is 17.2 Å². The third-order valence-corrected chi connectivity index (χ3v) is 5.13. The van der Waals surface area contributed by atoms with E-state index in [-0.39, 0.29) is 0 Å². The van der Waals surface area contributed by atoms with Crippen molar-refractivity contribution in [3.63, 3.8) is 0 Å². The molecule has 1 heterocycles. The molecule has 0 unspecified atom stereocenters. The summed E-state index contributed by atoms with van der Waals surface area (Å²) >= 11 is 0. The highest BCUT2D eigenvalue weighted by Gasteiger charge is 2.15. The minimum Gasteiger partial charge on any atom is -0.496 e. The summed E-state index contributed by atoms with van der Waals surface area (Å²) in [5.74, 6) is 2.07. The van der Waals surface area contributed by atoms with E-state index < -0.39 is 6.10 Å². The first kappa shape index (κ1) is 21.4. The van der Waals surface area contributed by atoms with E-state index >= 15 is 0 Å². The highest BCUT2D eigenvalue weighted by Crippen LogP contribution is 2.31. The Labute approximate surface area is 172 Å². The Hall–Kier alpha value is -2.28. The van der Waals surface area contributed by atoms with Crippen molar-refractivity contribution in [1.82, 2.24) is 5.32 Å². The summed E-state index contributed by atoms with van der Waals surface area (Å²) < 4.78 is 22.6. The largest absolute Gasteiger partial charge is 0.496 e. The second-order valence-electron chi connectivity index (χ2n) is 7.29. The summed E-state index contributed by atoms with van der Waals surface area (Å²) in [5.41, 5.74) is 2.84. The molecule has 2 N–H and O–H groups in total. The summed E-state index contributed by atoms with van der Waals surface area (Å²) in [4.78, 5) is 0. The molecule has 1 fully saturated rings. The Bertz CT molecular complexity index is 787. The van der Waals surface area contributed by atoms with Gasteiger partial charge >= 0.3 is 0 Å². The monoisotopic (exact) mass is 401 g/mol. The number of benzene rings is 2. The van der Waals surface area contributed by atoms with Gasteiger partial charge in [-0.2, -0.15) is 0 Å². The van der Waals surface area contributed by atoms with Crippen LogP contribution >= 0.6 is 0 Å². The molecular weight excluding hydrogens is 370 g/mol. The summed E-state index contributed by atoms with van der Waals surface area (Å²) in [5, 5.41) is 13.2. The van der Waals surface area contributed by atoms with E-state index in [2.05, 4.69) is 5.32 Å². The van der Waals surface area contributed by atoms with E-state index in [0.717, 1.165) is 49.2 Å². The second kappa shape index (κ2) is 10.5. The quantitative estimate of drug-likeness (QED) is 0.634. The lowest BCUT2D eigenvalue weighted by molar-refractivity contribution is 0.110. The van der Waals surface area contributed by atoms with Gasteiger partial charge in [0.05, 0.1) is 26.4 Å². The fourth-order valence-corrected chi connectivity index (χ4v) is 3.42. The van der Waals surface area contributed by atoms with Gasteiger partial charge in [0.1, 0.15) is 12.4 Å². The van der Waals surface area contributed by atoms with Crippen molar-refractivity contribution in [1.29, 1.82) is 0 Å². The van der Waals surface area contributed by atoms with Crippen LogP contribution in [0, 0.1) is 0 Å². The van der Waals surface area contributed by atoms with Crippen LogP contribution in [0.15, 0.2) is 36.4 Å². The molecule has 0 aromatic heterocycles. The van der Waals surface area contributed by atoms with E-state index in [9.17, 15) is 5.11 Å². The maximum Gasteiger partial charge on any atom is 0.161 e. The smallest absolute Gasteiger partial charge is 0.161 e. The third-order valence-electron chi connectivity index (χ3n) is 5.13. The van der Waals surface area contributed by atoms with Crippen LogP contribution in [0.4, 0.5) is 0 Å². The number of nitrogens with one attached hydrogen (secondary N) is 1. The lowest BCUT2D eigenvalue weighted by atomic mass is 10.1.